The molecule has 0 radical (unpaired) electrons. The van der Waals surface area contributed by atoms with Gasteiger partial charge in [-0.3, -0.25) is 29.5 Å². The molecule has 10 heteroatoms. The van der Waals surface area contributed by atoms with Gasteiger partial charge in [0.1, 0.15) is 11.3 Å². The summed E-state index contributed by atoms with van der Waals surface area (Å²) in [5.74, 6) is -1.05. The molecule has 0 saturated carbocycles. The highest BCUT2D eigenvalue weighted by Crippen LogP contribution is 2.32. The van der Waals surface area contributed by atoms with Crippen molar-refractivity contribution in [3.05, 3.63) is 56.9 Å². The highest BCUT2D eigenvalue weighted by atomic mass is 16.6. The van der Waals surface area contributed by atoms with Gasteiger partial charge < -0.3 is 9.30 Å². The number of aryl methyl sites for hydroxylation is 1. The van der Waals surface area contributed by atoms with Crippen LogP contribution >= 0.6 is 0 Å². The first-order valence-electron chi connectivity index (χ1n) is 8.92. The minimum absolute atomic E-state index is 0.102. The van der Waals surface area contributed by atoms with Crippen molar-refractivity contribution in [3.63, 3.8) is 0 Å². The third-order valence-corrected chi connectivity index (χ3v) is 5.03. The SMILES string of the molecule is COc1cc([N+](=O)[O-])ccc1-n1c(C)cc(C=C2C(=O)N(C)C(=O)N(C)C2=O)c1C. The highest BCUT2D eigenvalue weighted by molar-refractivity contribution is 6.30. The molecule has 1 saturated heterocycles. The van der Waals surface area contributed by atoms with Gasteiger partial charge in [0.05, 0.1) is 23.8 Å². The zero-order valence-corrected chi connectivity index (χ0v) is 17.1. The third kappa shape index (κ3) is 3.21. The molecule has 1 aliphatic rings. The van der Waals surface area contributed by atoms with E-state index in [1.54, 1.807) is 19.1 Å². The lowest BCUT2D eigenvalue weighted by Crippen LogP contribution is -2.52. The number of amides is 4. The number of carbonyl (C=O) groups excluding carboxylic acids is 3. The van der Waals surface area contributed by atoms with Crippen molar-refractivity contribution >= 4 is 29.6 Å². The van der Waals surface area contributed by atoms with E-state index in [0.717, 1.165) is 15.5 Å². The summed E-state index contributed by atoms with van der Waals surface area (Å²) in [6, 6.07) is 5.36. The van der Waals surface area contributed by atoms with Gasteiger partial charge in [0.25, 0.3) is 17.5 Å². The Morgan fingerprint density at radius 1 is 1.03 bits per heavy atom. The van der Waals surface area contributed by atoms with Gasteiger partial charge in [0, 0.05) is 31.5 Å². The van der Waals surface area contributed by atoms with E-state index in [1.807, 2.05) is 11.5 Å². The predicted octanol–water partition coefficient (Wildman–Crippen LogP) is 2.44. The number of ether oxygens (including phenoxy) is 1. The fourth-order valence-corrected chi connectivity index (χ4v) is 3.40. The van der Waals surface area contributed by atoms with Gasteiger partial charge in [-0.25, -0.2) is 4.79 Å². The number of carbonyl (C=O) groups is 3. The Balaban J connectivity index is 2.13. The fourth-order valence-electron chi connectivity index (χ4n) is 3.40. The van der Waals surface area contributed by atoms with Crippen LogP contribution in [0.5, 0.6) is 5.75 Å². The summed E-state index contributed by atoms with van der Waals surface area (Å²) in [5.41, 5.74) is 2.40. The van der Waals surface area contributed by atoms with Crippen molar-refractivity contribution < 1.29 is 24.0 Å². The number of nitro benzene ring substituents is 1. The molecule has 0 atom stereocenters. The summed E-state index contributed by atoms with van der Waals surface area (Å²) in [5, 5.41) is 11.1. The van der Waals surface area contributed by atoms with Crippen LogP contribution in [-0.4, -0.2) is 58.3 Å². The van der Waals surface area contributed by atoms with E-state index in [9.17, 15) is 24.5 Å². The van der Waals surface area contributed by atoms with Gasteiger partial charge in [-0.1, -0.05) is 0 Å². The second-order valence-electron chi connectivity index (χ2n) is 6.84. The molecule has 1 aromatic heterocycles. The van der Waals surface area contributed by atoms with Crippen molar-refractivity contribution in [1.82, 2.24) is 14.4 Å². The molecule has 2 heterocycles. The lowest BCUT2D eigenvalue weighted by molar-refractivity contribution is -0.384. The Bertz CT molecular complexity index is 1100. The molecular weight excluding hydrogens is 392 g/mol. The van der Waals surface area contributed by atoms with E-state index in [0.29, 0.717) is 22.7 Å². The normalized spacial score (nSPS) is 14.4. The van der Waals surface area contributed by atoms with Crippen LogP contribution in [0.3, 0.4) is 0 Å². The maximum Gasteiger partial charge on any atom is 0.333 e. The maximum atomic E-state index is 12.5. The highest BCUT2D eigenvalue weighted by Gasteiger charge is 2.38. The molecule has 0 bridgehead atoms. The van der Waals surface area contributed by atoms with E-state index in [1.165, 1.54) is 39.4 Å². The molecule has 1 aliphatic heterocycles. The molecule has 0 N–H and O–H groups in total. The van der Waals surface area contributed by atoms with Crippen molar-refractivity contribution in [2.45, 2.75) is 13.8 Å². The summed E-state index contributed by atoms with van der Waals surface area (Å²) < 4.78 is 7.14. The van der Waals surface area contributed by atoms with E-state index in [-0.39, 0.29) is 11.3 Å². The second-order valence-corrected chi connectivity index (χ2v) is 6.84. The number of barbiturate groups is 1. The Morgan fingerprint density at radius 2 is 1.63 bits per heavy atom. The summed E-state index contributed by atoms with van der Waals surface area (Å²) in [4.78, 5) is 49.2. The number of hydrogen-bond donors (Lipinski definition) is 0. The van der Waals surface area contributed by atoms with E-state index < -0.39 is 22.8 Å². The van der Waals surface area contributed by atoms with Crippen LogP contribution in [0.1, 0.15) is 17.0 Å². The van der Waals surface area contributed by atoms with Gasteiger partial charge >= 0.3 is 6.03 Å². The Hall–Kier alpha value is -3.95. The summed E-state index contributed by atoms with van der Waals surface area (Å²) in [6.45, 7) is 3.61. The van der Waals surface area contributed by atoms with Crippen LogP contribution in [0.4, 0.5) is 10.5 Å². The molecule has 0 spiro atoms. The topological polar surface area (TPSA) is 115 Å². The average molecular weight is 412 g/mol. The number of aromatic nitrogens is 1. The van der Waals surface area contributed by atoms with E-state index in [4.69, 9.17) is 4.74 Å². The van der Waals surface area contributed by atoms with Crippen LogP contribution in [0.2, 0.25) is 0 Å². The summed E-state index contributed by atoms with van der Waals surface area (Å²) in [7, 11) is 4.04. The van der Waals surface area contributed by atoms with Crippen LogP contribution < -0.4 is 4.74 Å². The minimum atomic E-state index is -0.691. The van der Waals surface area contributed by atoms with Gasteiger partial charge in [0.2, 0.25) is 0 Å². The number of nitro groups is 1. The van der Waals surface area contributed by atoms with Crippen molar-refractivity contribution in [2.24, 2.45) is 0 Å². The van der Waals surface area contributed by atoms with Crippen LogP contribution in [0.25, 0.3) is 11.8 Å². The molecule has 4 amide bonds. The molecule has 1 fully saturated rings. The molecule has 0 unspecified atom stereocenters. The van der Waals surface area contributed by atoms with E-state index in [2.05, 4.69) is 0 Å². The standard InChI is InChI=1S/C20H20N4O6/c1-11-8-13(9-15-18(25)21(3)20(27)22(4)19(15)26)12(2)23(11)16-7-6-14(24(28)29)10-17(16)30-5/h6-10H,1-5H3. The second kappa shape index (κ2) is 7.47. The lowest BCUT2D eigenvalue weighted by Gasteiger charge is -2.28. The number of rotatable bonds is 4. The third-order valence-electron chi connectivity index (χ3n) is 5.03. The molecule has 0 aliphatic carbocycles. The smallest absolute Gasteiger partial charge is 0.333 e. The number of urea groups is 1. The lowest BCUT2D eigenvalue weighted by atomic mass is 10.1. The van der Waals surface area contributed by atoms with Gasteiger partial charge in [-0.15, -0.1) is 0 Å². The Kier molecular flexibility index (Phi) is 5.17. The molecule has 3 rings (SSSR count). The number of benzene rings is 1. The van der Waals surface area contributed by atoms with Gasteiger partial charge in [-0.2, -0.15) is 0 Å². The zero-order chi connectivity index (χ0) is 22.3. The number of nitrogens with zero attached hydrogens (tertiary/aromatic N) is 4. The van der Waals surface area contributed by atoms with Gasteiger partial charge in [0.15, 0.2) is 0 Å². The molecule has 30 heavy (non-hydrogen) atoms. The first-order chi connectivity index (χ1) is 14.1. The number of likely N-dealkylation sites (N-methyl/N-ethyl adjacent to an activating group) is 2. The molecule has 1 aromatic carbocycles. The van der Waals surface area contributed by atoms with Crippen LogP contribution in [0.15, 0.2) is 29.8 Å². The number of hydrogen-bond acceptors (Lipinski definition) is 6. The quantitative estimate of drug-likeness (QED) is 0.330. The van der Waals surface area contributed by atoms with E-state index >= 15 is 0 Å². The number of methoxy groups -OCH3 is 1. The molecule has 2 aromatic rings. The minimum Gasteiger partial charge on any atom is -0.494 e. The van der Waals surface area contributed by atoms with Crippen molar-refractivity contribution in [2.75, 3.05) is 21.2 Å². The molecule has 156 valence electrons. The Labute approximate surface area is 172 Å². The maximum absolute atomic E-state index is 12.5. The zero-order valence-electron chi connectivity index (χ0n) is 17.1. The van der Waals surface area contributed by atoms with Gasteiger partial charge in [-0.05, 0) is 37.6 Å². The number of imide groups is 2. The van der Waals surface area contributed by atoms with Crippen LogP contribution in [-0.2, 0) is 9.59 Å². The first-order valence-corrected chi connectivity index (χ1v) is 8.92. The largest absolute Gasteiger partial charge is 0.494 e. The van der Waals surface area contributed by atoms with Crippen molar-refractivity contribution in [3.8, 4) is 11.4 Å². The number of non-ortho nitro benzene ring substituents is 1. The fraction of sp³-hybridized carbons (Fsp3) is 0.250. The van der Waals surface area contributed by atoms with Crippen LogP contribution in [0, 0.1) is 24.0 Å². The first kappa shape index (κ1) is 20.8. The summed E-state index contributed by atoms with van der Waals surface area (Å²) >= 11 is 0. The summed E-state index contributed by atoms with van der Waals surface area (Å²) in [6.07, 6.45) is 1.45. The average Bonchev–Trinajstić information content (AvgIpc) is 3.00. The van der Waals surface area contributed by atoms with Crippen molar-refractivity contribution in [1.29, 1.82) is 0 Å². The predicted molar refractivity (Wildman–Crippen MR) is 107 cm³/mol. The monoisotopic (exact) mass is 412 g/mol. The molecular formula is C20H20N4O6. The Morgan fingerprint density at radius 3 is 2.17 bits per heavy atom. The molecule has 10 nitrogen and oxygen atoms in total.